The molecule has 0 bridgehead atoms. The number of ether oxygens (including phenoxy) is 1. The minimum atomic E-state index is -1.33. The lowest BCUT2D eigenvalue weighted by molar-refractivity contribution is -0.144. The molecule has 1 fully saturated rings. The quantitative estimate of drug-likeness (QED) is 0.569. The first-order chi connectivity index (χ1) is 7.50. The zero-order chi connectivity index (χ0) is 12.2. The van der Waals surface area contributed by atoms with Gasteiger partial charge in [0, 0.05) is 13.0 Å². The Hall–Kier alpha value is -1.74. The number of terminal acetylenes is 1. The molecule has 1 heterocycles. The molecule has 0 aromatic heterocycles. The second-order valence-electron chi connectivity index (χ2n) is 3.68. The second-order valence-corrected chi connectivity index (χ2v) is 3.68. The van der Waals surface area contributed by atoms with Crippen molar-refractivity contribution in [3.63, 3.8) is 0 Å². The number of amides is 2. The summed E-state index contributed by atoms with van der Waals surface area (Å²) >= 11 is 0. The molecule has 0 aromatic rings. The van der Waals surface area contributed by atoms with Gasteiger partial charge in [-0.25, -0.2) is 9.59 Å². The van der Waals surface area contributed by atoms with Crippen molar-refractivity contribution in [1.82, 2.24) is 10.6 Å². The lowest BCUT2D eigenvalue weighted by Gasteiger charge is -2.24. The van der Waals surface area contributed by atoms with Crippen LogP contribution in [0.25, 0.3) is 0 Å². The van der Waals surface area contributed by atoms with Crippen molar-refractivity contribution in [3.8, 4) is 12.3 Å². The molecule has 0 spiro atoms. The maximum atomic E-state index is 11.4. The van der Waals surface area contributed by atoms with Crippen molar-refractivity contribution in [2.75, 3.05) is 13.2 Å². The number of urea groups is 1. The molecule has 2 atom stereocenters. The Labute approximate surface area is 93.3 Å². The van der Waals surface area contributed by atoms with E-state index in [9.17, 15) is 9.59 Å². The molecule has 0 radical (unpaired) electrons. The molecule has 1 aliphatic heterocycles. The number of carboxylic acid groups (broad SMARTS) is 1. The predicted molar refractivity (Wildman–Crippen MR) is 55.8 cm³/mol. The lowest BCUT2D eigenvalue weighted by Crippen LogP contribution is -2.58. The highest BCUT2D eigenvalue weighted by molar-refractivity contribution is 5.86. The number of carboxylic acids is 1. The van der Waals surface area contributed by atoms with Gasteiger partial charge < -0.3 is 20.5 Å². The molecule has 6 nitrogen and oxygen atoms in total. The normalized spacial score (nSPS) is 25.5. The van der Waals surface area contributed by atoms with Crippen LogP contribution in [-0.4, -0.2) is 41.9 Å². The Kier molecular flexibility index (Phi) is 3.74. The van der Waals surface area contributed by atoms with E-state index in [2.05, 4.69) is 16.6 Å². The number of rotatable bonds is 3. The Morgan fingerprint density at radius 3 is 2.75 bits per heavy atom. The molecule has 2 unspecified atom stereocenters. The molecule has 16 heavy (non-hydrogen) atoms. The minimum absolute atomic E-state index is 0.0276. The van der Waals surface area contributed by atoms with Gasteiger partial charge in [-0.05, 0) is 6.92 Å². The van der Waals surface area contributed by atoms with Gasteiger partial charge in [0.05, 0.1) is 12.6 Å². The predicted octanol–water partition coefficient (Wildman–Crippen LogP) is -0.449. The molecule has 2 amide bonds. The summed E-state index contributed by atoms with van der Waals surface area (Å²) in [5, 5.41) is 13.9. The van der Waals surface area contributed by atoms with Crippen LogP contribution in [0.1, 0.15) is 13.3 Å². The number of aliphatic carboxylic acids is 1. The van der Waals surface area contributed by atoms with E-state index in [0.717, 1.165) is 0 Å². The molecule has 88 valence electrons. The number of carbonyl (C=O) groups is 2. The fourth-order valence-electron chi connectivity index (χ4n) is 1.38. The summed E-state index contributed by atoms with van der Waals surface area (Å²) in [5.41, 5.74) is -1.33. The van der Waals surface area contributed by atoms with Crippen LogP contribution in [0.4, 0.5) is 4.79 Å². The molecule has 6 heteroatoms. The van der Waals surface area contributed by atoms with E-state index in [0.29, 0.717) is 6.61 Å². The fourth-order valence-corrected chi connectivity index (χ4v) is 1.38. The number of hydrogen-bond acceptors (Lipinski definition) is 3. The number of hydrogen-bond donors (Lipinski definition) is 3. The topological polar surface area (TPSA) is 87.7 Å². The van der Waals surface area contributed by atoms with E-state index in [1.165, 1.54) is 0 Å². The largest absolute Gasteiger partial charge is 0.479 e. The Morgan fingerprint density at radius 1 is 1.62 bits per heavy atom. The molecule has 0 saturated carbocycles. The molecular formula is C10H14N2O4. The van der Waals surface area contributed by atoms with Gasteiger partial charge in [0.15, 0.2) is 5.54 Å². The summed E-state index contributed by atoms with van der Waals surface area (Å²) in [6.07, 6.45) is 5.34. The van der Waals surface area contributed by atoms with Crippen LogP contribution < -0.4 is 10.6 Å². The van der Waals surface area contributed by atoms with Gasteiger partial charge in [-0.3, -0.25) is 0 Å². The van der Waals surface area contributed by atoms with E-state index in [4.69, 9.17) is 16.3 Å². The Morgan fingerprint density at radius 2 is 2.31 bits per heavy atom. The highest BCUT2D eigenvalue weighted by Crippen LogP contribution is 2.18. The Bertz CT molecular complexity index is 328. The van der Waals surface area contributed by atoms with Gasteiger partial charge in [-0.2, -0.15) is 0 Å². The standard InChI is InChI=1S/C10H14N2O4/c1-3-7(2)11-9(15)12-10(8(13)14)4-5-16-6-10/h1,7H,4-6H2,2H3,(H,13,14)(H2,11,12,15). The van der Waals surface area contributed by atoms with Crippen molar-refractivity contribution >= 4 is 12.0 Å². The smallest absolute Gasteiger partial charge is 0.332 e. The average Bonchev–Trinajstić information content (AvgIpc) is 2.67. The highest BCUT2D eigenvalue weighted by Gasteiger charge is 2.44. The summed E-state index contributed by atoms with van der Waals surface area (Å²) in [6, 6.07) is -1.05. The van der Waals surface area contributed by atoms with E-state index < -0.39 is 23.6 Å². The van der Waals surface area contributed by atoms with Crippen LogP contribution in [0.5, 0.6) is 0 Å². The van der Waals surface area contributed by atoms with Gasteiger partial charge in [0.2, 0.25) is 0 Å². The van der Waals surface area contributed by atoms with Gasteiger partial charge >= 0.3 is 12.0 Å². The van der Waals surface area contributed by atoms with E-state index in [-0.39, 0.29) is 13.0 Å². The first-order valence-corrected chi connectivity index (χ1v) is 4.86. The number of carbonyl (C=O) groups excluding carboxylic acids is 1. The van der Waals surface area contributed by atoms with Crippen molar-refractivity contribution in [1.29, 1.82) is 0 Å². The molecule has 0 aromatic carbocycles. The summed E-state index contributed by atoms with van der Waals surface area (Å²) in [6.45, 7) is 1.91. The molecular weight excluding hydrogens is 212 g/mol. The van der Waals surface area contributed by atoms with Crippen molar-refractivity contribution in [3.05, 3.63) is 0 Å². The minimum Gasteiger partial charge on any atom is -0.479 e. The van der Waals surface area contributed by atoms with E-state index >= 15 is 0 Å². The Balaban J connectivity index is 2.60. The first kappa shape index (κ1) is 12.3. The van der Waals surface area contributed by atoms with Crippen LogP contribution in [0.15, 0.2) is 0 Å². The zero-order valence-corrected chi connectivity index (χ0v) is 8.95. The monoisotopic (exact) mass is 226 g/mol. The third-order valence-corrected chi connectivity index (χ3v) is 2.38. The van der Waals surface area contributed by atoms with Gasteiger partial charge in [0.1, 0.15) is 0 Å². The summed E-state index contributed by atoms with van der Waals surface area (Å²) in [4.78, 5) is 22.5. The van der Waals surface area contributed by atoms with Crippen LogP contribution in [0.2, 0.25) is 0 Å². The molecule has 0 aliphatic carbocycles. The SMILES string of the molecule is C#CC(C)NC(=O)NC1(C(=O)O)CCOC1. The molecule has 1 rings (SSSR count). The third-order valence-electron chi connectivity index (χ3n) is 2.38. The fraction of sp³-hybridized carbons (Fsp3) is 0.600. The van der Waals surface area contributed by atoms with E-state index in [1.807, 2.05) is 0 Å². The van der Waals surface area contributed by atoms with Gasteiger partial charge in [-0.1, -0.05) is 5.92 Å². The maximum absolute atomic E-state index is 11.4. The summed E-state index contributed by atoms with van der Waals surface area (Å²) < 4.78 is 4.99. The first-order valence-electron chi connectivity index (χ1n) is 4.86. The van der Waals surface area contributed by atoms with Gasteiger partial charge in [0.25, 0.3) is 0 Å². The van der Waals surface area contributed by atoms with E-state index in [1.54, 1.807) is 6.92 Å². The van der Waals surface area contributed by atoms with Crippen molar-refractivity contribution in [2.24, 2.45) is 0 Å². The number of nitrogens with one attached hydrogen (secondary N) is 2. The summed E-state index contributed by atoms with van der Waals surface area (Å²) in [7, 11) is 0. The second kappa shape index (κ2) is 4.86. The maximum Gasteiger partial charge on any atom is 0.332 e. The lowest BCUT2D eigenvalue weighted by atomic mass is 9.99. The summed E-state index contributed by atoms with van der Waals surface area (Å²) in [5.74, 6) is 1.21. The van der Waals surface area contributed by atoms with Crippen LogP contribution >= 0.6 is 0 Å². The van der Waals surface area contributed by atoms with Crippen LogP contribution in [-0.2, 0) is 9.53 Å². The van der Waals surface area contributed by atoms with Crippen molar-refractivity contribution < 1.29 is 19.4 Å². The van der Waals surface area contributed by atoms with Crippen LogP contribution in [0, 0.1) is 12.3 Å². The highest BCUT2D eigenvalue weighted by atomic mass is 16.5. The van der Waals surface area contributed by atoms with Crippen molar-refractivity contribution in [2.45, 2.75) is 24.9 Å². The molecule has 1 saturated heterocycles. The van der Waals surface area contributed by atoms with Gasteiger partial charge in [-0.15, -0.1) is 6.42 Å². The van der Waals surface area contributed by atoms with Crippen LogP contribution in [0.3, 0.4) is 0 Å². The average molecular weight is 226 g/mol. The molecule has 3 N–H and O–H groups in total. The molecule has 1 aliphatic rings. The third kappa shape index (κ3) is 2.64. The zero-order valence-electron chi connectivity index (χ0n) is 8.95.